The second-order valence-electron chi connectivity index (χ2n) is 5.03. The van der Waals surface area contributed by atoms with Gasteiger partial charge in [0.25, 0.3) is 5.91 Å². The van der Waals surface area contributed by atoms with Crippen molar-refractivity contribution in [2.24, 2.45) is 5.73 Å². The number of carbonyl (C=O) groups excluding carboxylic acids is 1. The maximum atomic E-state index is 12.3. The zero-order valence-electron chi connectivity index (χ0n) is 11.1. The van der Waals surface area contributed by atoms with Crippen LogP contribution in [0.5, 0.6) is 0 Å². The van der Waals surface area contributed by atoms with Gasteiger partial charge in [-0.1, -0.05) is 11.8 Å². The van der Waals surface area contributed by atoms with Crippen molar-refractivity contribution in [2.45, 2.75) is 18.9 Å². The molecule has 7 heteroatoms. The Morgan fingerprint density at radius 1 is 1.60 bits per heavy atom. The highest BCUT2D eigenvalue weighted by Gasteiger charge is 2.39. The summed E-state index contributed by atoms with van der Waals surface area (Å²) in [5.74, 6) is 5.38. The average molecular weight is 312 g/mol. The number of thiophene rings is 1. The summed E-state index contributed by atoms with van der Waals surface area (Å²) >= 11 is 1.29. The van der Waals surface area contributed by atoms with Crippen LogP contribution >= 0.6 is 11.3 Å². The van der Waals surface area contributed by atoms with E-state index in [1.165, 1.54) is 11.3 Å². The molecule has 3 N–H and O–H groups in total. The number of rotatable bonds is 2. The summed E-state index contributed by atoms with van der Waals surface area (Å²) in [6, 6.07) is 1.76. The maximum absolute atomic E-state index is 12.3. The molecule has 0 bridgehead atoms. The number of amides is 1. The number of nitrogens with one attached hydrogen (secondary N) is 1. The molecule has 2 rings (SSSR count). The van der Waals surface area contributed by atoms with Crippen molar-refractivity contribution in [1.29, 1.82) is 0 Å². The third-order valence-corrected chi connectivity index (χ3v) is 5.93. The highest BCUT2D eigenvalue weighted by Crippen LogP contribution is 2.24. The van der Waals surface area contributed by atoms with E-state index in [2.05, 4.69) is 17.2 Å². The molecule has 2 heterocycles. The van der Waals surface area contributed by atoms with E-state index in [-0.39, 0.29) is 24.0 Å². The molecule has 0 spiro atoms. The van der Waals surface area contributed by atoms with Crippen LogP contribution < -0.4 is 11.1 Å². The molecule has 0 radical (unpaired) electrons. The quantitative estimate of drug-likeness (QED) is 0.772. The zero-order valence-corrected chi connectivity index (χ0v) is 12.7. The van der Waals surface area contributed by atoms with E-state index in [9.17, 15) is 13.2 Å². The fourth-order valence-corrected chi connectivity index (χ4v) is 5.01. The molecule has 1 aromatic rings. The van der Waals surface area contributed by atoms with Crippen LogP contribution in [0.1, 0.15) is 28.6 Å². The van der Waals surface area contributed by atoms with Crippen LogP contribution in [0.15, 0.2) is 11.4 Å². The summed E-state index contributed by atoms with van der Waals surface area (Å²) in [5.41, 5.74) is 5.25. The number of sulfone groups is 1. The van der Waals surface area contributed by atoms with Crippen LogP contribution in [0.4, 0.5) is 0 Å². The topological polar surface area (TPSA) is 89.3 Å². The average Bonchev–Trinajstić information content (AvgIpc) is 2.91. The normalized spacial score (nSPS) is 23.9. The second-order valence-corrected chi connectivity index (χ2v) is 8.13. The fraction of sp³-hybridized carbons (Fsp3) is 0.462. The molecule has 0 saturated carbocycles. The maximum Gasteiger partial charge on any atom is 0.263 e. The minimum Gasteiger partial charge on any atom is -0.345 e. The second kappa shape index (κ2) is 5.56. The number of hydrogen-bond acceptors (Lipinski definition) is 5. The molecule has 1 amide bonds. The van der Waals surface area contributed by atoms with Gasteiger partial charge in [0.15, 0.2) is 9.84 Å². The predicted molar refractivity (Wildman–Crippen MR) is 79.4 cm³/mol. The van der Waals surface area contributed by atoms with Gasteiger partial charge >= 0.3 is 0 Å². The molecule has 1 unspecified atom stereocenters. The first kappa shape index (κ1) is 15.0. The van der Waals surface area contributed by atoms with E-state index in [1.54, 1.807) is 18.4 Å². The van der Waals surface area contributed by atoms with Crippen LogP contribution in [0, 0.1) is 11.8 Å². The largest absolute Gasteiger partial charge is 0.345 e. The molecule has 5 nitrogen and oxygen atoms in total. The Hall–Kier alpha value is -1.36. The SMILES string of the molecule is CC1(NC(=O)c2sccc2C#CCN)CCS(=O)(=O)C1. The molecule has 108 valence electrons. The molecular weight excluding hydrogens is 296 g/mol. The Bertz CT molecular complexity index is 682. The molecule has 1 atom stereocenters. The monoisotopic (exact) mass is 312 g/mol. The Kier molecular flexibility index (Phi) is 4.18. The van der Waals surface area contributed by atoms with Gasteiger partial charge in [0.2, 0.25) is 0 Å². The van der Waals surface area contributed by atoms with Crippen LogP contribution in [-0.4, -0.2) is 37.9 Å². The van der Waals surface area contributed by atoms with Gasteiger partial charge in [-0.2, -0.15) is 0 Å². The lowest BCUT2D eigenvalue weighted by molar-refractivity contribution is 0.0919. The van der Waals surface area contributed by atoms with Crippen molar-refractivity contribution in [3.05, 3.63) is 21.9 Å². The van der Waals surface area contributed by atoms with Crippen LogP contribution in [-0.2, 0) is 9.84 Å². The lowest BCUT2D eigenvalue weighted by Gasteiger charge is -2.23. The molecular formula is C13H16N2O3S2. The first-order valence-electron chi connectivity index (χ1n) is 6.15. The van der Waals surface area contributed by atoms with E-state index in [0.717, 1.165) is 0 Å². The van der Waals surface area contributed by atoms with E-state index in [0.29, 0.717) is 16.9 Å². The smallest absolute Gasteiger partial charge is 0.263 e. The van der Waals surface area contributed by atoms with Crippen molar-refractivity contribution >= 4 is 27.1 Å². The van der Waals surface area contributed by atoms with Crippen molar-refractivity contribution in [2.75, 3.05) is 18.1 Å². The number of hydrogen-bond donors (Lipinski definition) is 2. The predicted octanol–water partition coefficient (Wildman–Crippen LogP) is 0.365. The first-order valence-corrected chi connectivity index (χ1v) is 8.85. The molecule has 1 aliphatic rings. The molecule has 1 fully saturated rings. The molecule has 0 aromatic carbocycles. The summed E-state index contributed by atoms with van der Waals surface area (Å²) in [5, 5.41) is 4.60. The summed E-state index contributed by atoms with van der Waals surface area (Å²) in [7, 11) is -3.05. The van der Waals surface area contributed by atoms with Gasteiger partial charge in [-0.15, -0.1) is 11.3 Å². The van der Waals surface area contributed by atoms with Crippen LogP contribution in [0.2, 0.25) is 0 Å². The minimum absolute atomic E-state index is 0.0130. The lowest BCUT2D eigenvalue weighted by Crippen LogP contribution is -2.46. The van der Waals surface area contributed by atoms with Crippen molar-refractivity contribution in [1.82, 2.24) is 5.32 Å². The number of nitrogens with two attached hydrogens (primary N) is 1. The van der Waals surface area contributed by atoms with Crippen molar-refractivity contribution in [3.63, 3.8) is 0 Å². The van der Waals surface area contributed by atoms with Crippen molar-refractivity contribution < 1.29 is 13.2 Å². The van der Waals surface area contributed by atoms with Crippen LogP contribution in [0.25, 0.3) is 0 Å². The molecule has 1 aromatic heterocycles. The highest BCUT2D eigenvalue weighted by molar-refractivity contribution is 7.91. The van der Waals surface area contributed by atoms with Gasteiger partial charge < -0.3 is 11.1 Å². The Morgan fingerprint density at radius 3 is 2.95 bits per heavy atom. The minimum atomic E-state index is -3.05. The molecule has 0 aliphatic carbocycles. The Balaban J connectivity index is 2.15. The third kappa shape index (κ3) is 3.39. The summed E-state index contributed by atoms with van der Waals surface area (Å²) < 4.78 is 23.1. The van der Waals surface area contributed by atoms with Gasteiger partial charge in [-0.3, -0.25) is 4.79 Å². The highest BCUT2D eigenvalue weighted by atomic mass is 32.2. The van der Waals surface area contributed by atoms with E-state index < -0.39 is 15.4 Å². The van der Waals surface area contributed by atoms with E-state index in [1.807, 2.05) is 0 Å². The summed E-state index contributed by atoms with van der Waals surface area (Å²) in [6.07, 6.45) is 0.441. The van der Waals surface area contributed by atoms with Gasteiger partial charge in [0, 0.05) is 5.56 Å². The van der Waals surface area contributed by atoms with E-state index in [4.69, 9.17) is 5.73 Å². The zero-order chi connectivity index (χ0) is 14.8. The standard InChI is InChI=1S/C13H16N2O3S2/c1-13(5-8-20(17,18)9-13)15-12(16)11-10(3-2-6-14)4-7-19-11/h4,7H,5-6,8-9,14H2,1H3,(H,15,16). The summed E-state index contributed by atoms with van der Waals surface area (Å²) in [6.45, 7) is 1.99. The lowest BCUT2D eigenvalue weighted by atomic mass is 10.0. The third-order valence-electron chi connectivity index (χ3n) is 3.12. The Morgan fingerprint density at radius 2 is 2.35 bits per heavy atom. The van der Waals surface area contributed by atoms with Gasteiger partial charge in [0.05, 0.1) is 23.6 Å². The number of carbonyl (C=O) groups is 1. The van der Waals surface area contributed by atoms with E-state index >= 15 is 0 Å². The summed E-state index contributed by atoms with van der Waals surface area (Å²) in [4.78, 5) is 12.8. The molecule has 1 aliphatic heterocycles. The van der Waals surface area contributed by atoms with Crippen molar-refractivity contribution in [3.8, 4) is 11.8 Å². The fourth-order valence-electron chi connectivity index (χ4n) is 2.17. The van der Waals surface area contributed by atoms with Gasteiger partial charge in [-0.05, 0) is 24.8 Å². The van der Waals surface area contributed by atoms with Gasteiger partial charge in [-0.25, -0.2) is 8.42 Å². The Labute approximate surface area is 122 Å². The molecule has 20 heavy (non-hydrogen) atoms. The first-order chi connectivity index (χ1) is 9.35. The van der Waals surface area contributed by atoms with Crippen LogP contribution in [0.3, 0.4) is 0 Å². The molecule has 1 saturated heterocycles. The van der Waals surface area contributed by atoms with Gasteiger partial charge in [0.1, 0.15) is 4.88 Å².